The number of rotatable bonds is 2. The van der Waals surface area contributed by atoms with E-state index in [-0.39, 0.29) is 5.97 Å². The Labute approximate surface area is 86.9 Å². The second kappa shape index (κ2) is 4.04. The van der Waals surface area contributed by atoms with Crippen LogP contribution < -0.4 is 0 Å². The Bertz CT molecular complexity index is 497. The maximum absolute atomic E-state index is 11.4. The van der Waals surface area contributed by atoms with E-state index in [0.29, 0.717) is 23.2 Å². The summed E-state index contributed by atoms with van der Waals surface area (Å²) < 4.78 is 4.88. The summed E-state index contributed by atoms with van der Waals surface area (Å²) in [5.74, 6) is -0.339. The summed E-state index contributed by atoms with van der Waals surface area (Å²) in [4.78, 5) is 19.5. The predicted molar refractivity (Wildman–Crippen MR) is 54.3 cm³/mol. The van der Waals surface area contributed by atoms with Crippen molar-refractivity contribution < 1.29 is 9.53 Å². The second-order valence-corrected chi connectivity index (χ2v) is 2.92. The standard InChI is InChI=1S/C11H9N2O2/c1-2-15-11(14)8-3-4-9-10(7-8)13-6-5-12-9/h3-4,6-7H,2H2,1H3. The van der Waals surface area contributed by atoms with Crippen molar-refractivity contribution in [3.05, 3.63) is 36.2 Å². The number of hydrogen-bond donors (Lipinski definition) is 0. The van der Waals surface area contributed by atoms with Crippen LogP contribution in [0.1, 0.15) is 17.3 Å². The van der Waals surface area contributed by atoms with Gasteiger partial charge in [0.2, 0.25) is 0 Å². The van der Waals surface area contributed by atoms with Gasteiger partial charge in [0.15, 0.2) is 0 Å². The summed E-state index contributed by atoms with van der Waals surface area (Å²) in [5.41, 5.74) is 1.87. The minimum absolute atomic E-state index is 0.339. The van der Waals surface area contributed by atoms with Gasteiger partial charge in [0.25, 0.3) is 0 Å². The maximum Gasteiger partial charge on any atom is 0.338 e. The molecule has 4 heteroatoms. The van der Waals surface area contributed by atoms with Gasteiger partial charge in [-0.1, -0.05) is 0 Å². The van der Waals surface area contributed by atoms with E-state index in [2.05, 4.69) is 16.2 Å². The Balaban J connectivity index is 2.42. The molecule has 1 radical (unpaired) electrons. The molecule has 2 aromatic rings. The highest BCUT2D eigenvalue weighted by molar-refractivity contribution is 5.93. The molecular formula is C11H9N2O2. The van der Waals surface area contributed by atoms with Gasteiger partial charge >= 0.3 is 5.97 Å². The van der Waals surface area contributed by atoms with Crippen molar-refractivity contribution in [1.82, 2.24) is 9.97 Å². The molecule has 0 aliphatic carbocycles. The minimum atomic E-state index is -0.339. The van der Waals surface area contributed by atoms with Crippen LogP contribution in [0.2, 0.25) is 0 Å². The van der Waals surface area contributed by atoms with Crippen LogP contribution in [0.25, 0.3) is 11.0 Å². The van der Waals surface area contributed by atoms with E-state index in [0.717, 1.165) is 0 Å². The zero-order chi connectivity index (χ0) is 10.7. The quantitative estimate of drug-likeness (QED) is 0.692. The van der Waals surface area contributed by atoms with E-state index in [1.54, 1.807) is 25.1 Å². The molecule has 0 amide bonds. The van der Waals surface area contributed by atoms with Crippen LogP contribution in [0.15, 0.2) is 24.4 Å². The summed E-state index contributed by atoms with van der Waals surface area (Å²) in [6, 6.07) is 5.06. The van der Waals surface area contributed by atoms with Gasteiger partial charge in [-0.05, 0) is 25.1 Å². The van der Waals surface area contributed by atoms with Crippen LogP contribution >= 0.6 is 0 Å². The Kier molecular flexibility index (Phi) is 2.58. The van der Waals surface area contributed by atoms with Crippen molar-refractivity contribution >= 4 is 17.0 Å². The molecule has 0 spiro atoms. The molecule has 0 atom stereocenters. The first kappa shape index (κ1) is 9.58. The summed E-state index contributed by atoms with van der Waals surface area (Å²) in [6.07, 6.45) is 4.10. The van der Waals surface area contributed by atoms with E-state index < -0.39 is 0 Å². The normalized spacial score (nSPS) is 10.2. The van der Waals surface area contributed by atoms with E-state index in [4.69, 9.17) is 4.74 Å². The molecule has 0 saturated heterocycles. The number of nitrogens with zero attached hydrogens (tertiary/aromatic N) is 2. The molecule has 2 rings (SSSR count). The number of carbonyl (C=O) groups excluding carboxylic acids is 1. The number of esters is 1. The molecule has 0 N–H and O–H groups in total. The van der Waals surface area contributed by atoms with Gasteiger partial charge in [0.05, 0.1) is 29.4 Å². The minimum Gasteiger partial charge on any atom is -0.462 e. The number of ether oxygens (including phenoxy) is 1. The number of fused-ring (bicyclic) bond motifs is 1. The monoisotopic (exact) mass is 201 g/mol. The molecule has 1 aromatic carbocycles. The molecule has 0 saturated carbocycles. The zero-order valence-corrected chi connectivity index (χ0v) is 8.23. The third-order valence-corrected chi connectivity index (χ3v) is 1.93. The summed E-state index contributed by atoms with van der Waals surface area (Å²) in [5, 5.41) is 0. The first-order chi connectivity index (χ1) is 7.31. The Hall–Kier alpha value is -1.97. The molecule has 1 aromatic heterocycles. The third-order valence-electron chi connectivity index (χ3n) is 1.93. The third kappa shape index (κ3) is 1.93. The molecule has 15 heavy (non-hydrogen) atoms. The van der Waals surface area contributed by atoms with Crippen LogP contribution in [-0.2, 0) is 4.74 Å². The topological polar surface area (TPSA) is 52.1 Å². The van der Waals surface area contributed by atoms with Crippen molar-refractivity contribution in [3.63, 3.8) is 0 Å². The summed E-state index contributed by atoms with van der Waals surface area (Å²) in [6.45, 7) is 2.14. The van der Waals surface area contributed by atoms with Gasteiger partial charge in [-0.15, -0.1) is 0 Å². The second-order valence-electron chi connectivity index (χ2n) is 2.92. The van der Waals surface area contributed by atoms with Crippen molar-refractivity contribution in [2.24, 2.45) is 0 Å². The lowest BCUT2D eigenvalue weighted by atomic mass is 10.2. The zero-order valence-electron chi connectivity index (χ0n) is 8.23. The fourth-order valence-corrected chi connectivity index (χ4v) is 1.26. The van der Waals surface area contributed by atoms with Crippen LogP contribution in [0.4, 0.5) is 0 Å². The van der Waals surface area contributed by atoms with Gasteiger partial charge in [-0.3, -0.25) is 4.98 Å². The predicted octanol–water partition coefficient (Wildman–Crippen LogP) is 1.61. The Morgan fingerprint density at radius 3 is 3.13 bits per heavy atom. The van der Waals surface area contributed by atoms with E-state index in [9.17, 15) is 4.79 Å². The van der Waals surface area contributed by atoms with Crippen molar-refractivity contribution in [3.8, 4) is 0 Å². The van der Waals surface area contributed by atoms with Crippen molar-refractivity contribution in [2.45, 2.75) is 6.92 Å². The van der Waals surface area contributed by atoms with Crippen molar-refractivity contribution in [2.75, 3.05) is 6.61 Å². The lowest BCUT2D eigenvalue weighted by molar-refractivity contribution is 0.0526. The molecule has 0 aliphatic rings. The maximum atomic E-state index is 11.4. The van der Waals surface area contributed by atoms with Gasteiger partial charge in [0.1, 0.15) is 6.20 Å². The van der Waals surface area contributed by atoms with Crippen LogP contribution in [0.5, 0.6) is 0 Å². The Morgan fingerprint density at radius 1 is 1.47 bits per heavy atom. The fraction of sp³-hybridized carbons (Fsp3) is 0.182. The fourth-order valence-electron chi connectivity index (χ4n) is 1.26. The molecule has 0 aliphatic heterocycles. The first-order valence-corrected chi connectivity index (χ1v) is 4.61. The molecule has 1 heterocycles. The van der Waals surface area contributed by atoms with Gasteiger partial charge in [0, 0.05) is 0 Å². The largest absolute Gasteiger partial charge is 0.462 e. The van der Waals surface area contributed by atoms with Gasteiger partial charge in [-0.25, -0.2) is 9.78 Å². The molecule has 0 fully saturated rings. The molecule has 0 unspecified atom stereocenters. The van der Waals surface area contributed by atoms with Crippen LogP contribution in [-0.4, -0.2) is 22.5 Å². The van der Waals surface area contributed by atoms with Crippen LogP contribution in [0, 0.1) is 6.20 Å². The molecule has 0 bridgehead atoms. The highest BCUT2D eigenvalue weighted by Gasteiger charge is 2.07. The number of benzene rings is 1. The van der Waals surface area contributed by atoms with E-state index in [1.165, 1.54) is 6.20 Å². The van der Waals surface area contributed by atoms with Crippen LogP contribution in [0.3, 0.4) is 0 Å². The lowest BCUT2D eigenvalue weighted by Crippen LogP contribution is -2.04. The van der Waals surface area contributed by atoms with E-state index >= 15 is 0 Å². The average Bonchev–Trinajstić information content (AvgIpc) is 2.29. The number of aromatic nitrogens is 2. The molecule has 4 nitrogen and oxygen atoms in total. The lowest BCUT2D eigenvalue weighted by Gasteiger charge is -2.01. The highest BCUT2D eigenvalue weighted by atomic mass is 16.5. The SMILES string of the molecule is CCOC(=O)c1ccc2n[c]cnc2c1. The highest BCUT2D eigenvalue weighted by Crippen LogP contribution is 2.11. The van der Waals surface area contributed by atoms with Crippen molar-refractivity contribution in [1.29, 1.82) is 0 Å². The van der Waals surface area contributed by atoms with E-state index in [1.807, 2.05) is 0 Å². The molecule has 75 valence electrons. The Morgan fingerprint density at radius 2 is 2.33 bits per heavy atom. The number of carbonyl (C=O) groups is 1. The summed E-state index contributed by atoms with van der Waals surface area (Å²) in [7, 11) is 0. The smallest absolute Gasteiger partial charge is 0.338 e. The summed E-state index contributed by atoms with van der Waals surface area (Å²) >= 11 is 0. The molecular weight excluding hydrogens is 192 g/mol. The van der Waals surface area contributed by atoms with Gasteiger partial charge < -0.3 is 4.74 Å². The average molecular weight is 201 g/mol. The van der Waals surface area contributed by atoms with Gasteiger partial charge in [-0.2, -0.15) is 0 Å². The number of hydrogen-bond acceptors (Lipinski definition) is 4. The first-order valence-electron chi connectivity index (χ1n) is 4.61.